The van der Waals surface area contributed by atoms with Crippen molar-refractivity contribution in [2.24, 2.45) is 0 Å². The quantitative estimate of drug-likeness (QED) is 0.850. The third kappa shape index (κ3) is 3.35. The summed E-state index contributed by atoms with van der Waals surface area (Å²) >= 11 is 0. The fourth-order valence-corrected chi connectivity index (χ4v) is 1.73. The maximum atomic E-state index is 13.4. The van der Waals surface area contributed by atoms with Crippen LogP contribution in [0, 0.1) is 0 Å². The van der Waals surface area contributed by atoms with Crippen LogP contribution in [-0.2, 0) is 11.2 Å². The molecule has 1 aromatic rings. The standard InChI is InChI=1S/C13H17FO4/c1-8(14)10-7-11(17-2)9(4-5-13(15)16)6-12(10)18-3/h6-8H,4-5H2,1-3H3,(H,15,16). The molecule has 0 aliphatic carbocycles. The second kappa shape index (κ2) is 6.23. The van der Waals surface area contributed by atoms with Crippen LogP contribution in [0.1, 0.15) is 30.6 Å². The van der Waals surface area contributed by atoms with Crippen molar-refractivity contribution in [3.05, 3.63) is 23.3 Å². The molecule has 0 aromatic heterocycles. The average Bonchev–Trinajstić information content (AvgIpc) is 2.34. The van der Waals surface area contributed by atoms with E-state index in [1.807, 2.05) is 0 Å². The molecule has 1 unspecified atom stereocenters. The van der Waals surface area contributed by atoms with E-state index in [-0.39, 0.29) is 6.42 Å². The Morgan fingerprint density at radius 1 is 1.33 bits per heavy atom. The van der Waals surface area contributed by atoms with Crippen molar-refractivity contribution in [1.82, 2.24) is 0 Å². The first kappa shape index (κ1) is 14.3. The number of rotatable bonds is 6. The first-order valence-electron chi connectivity index (χ1n) is 5.60. The minimum Gasteiger partial charge on any atom is -0.496 e. The fourth-order valence-electron chi connectivity index (χ4n) is 1.73. The molecule has 1 aromatic carbocycles. The minimum absolute atomic E-state index is 0.00988. The van der Waals surface area contributed by atoms with Gasteiger partial charge in [-0.25, -0.2) is 4.39 Å². The lowest BCUT2D eigenvalue weighted by atomic mass is 10.0. The molecule has 0 aliphatic heterocycles. The van der Waals surface area contributed by atoms with Gasteiger partial charge in [0.25, 0.3) is 0 Å². The number of carboxylic acid groups (broad SMARTS) is 1. The van der Waals surface area contributed by atoms with E-state index in [9.17, 15) is 9.18 Å². The van der Waals surface area contributed by atoms with Crippen LogP contribution in [0.2, 0.25) is 0 Å². The largest absolute Gasteiger partial charge is 0.496 e. The Morgan fingerprint density at radius 2 is 1.94 bits per heavy atom. The summed E-state index contributed by atoms with van der Waals surface area (Å²) in [5.41, 5.74) is 1.09. The molecule has 5 heteroatoms. The number of aryl methyl sites for hydroxylation is 1. The Balaban J connectivity index is 3.13. The zero-order chi connectivity index (χ0) is 13.7. The van der Waals surface area contributed by atoms with Gasteiger partial charge in [-0.05, 0) is 31.0 Å². The van der Waals surface area contributed by atoms with Gasteiger partial charge in [0, 0.05) is 12.0 Å². The number of ether oxygens (including phenoxy) is 2. The molecule has 18 heavy (non-hydrogen) atoms. The number of benzene rings is 1. The Bertz CT molecular complexity index is 429. The number of alkyl halides is 1. The van der Waals surface area contributed by atoms with Gasteiger partial charge in [-0.3, -0.25) is 4.79 Å². The van der Waals surface area contributed by atoms with Gasteiger partial charge in [0.2, 0.25) is 0 Å². The van der Waals surface area contributed by atoms with E-state index in [1.54, 1.807) is 12.1 Å². The van der Waals surface area contributed by atoms with Gasteiger partial charge in [0.15, 0.2) is 0 Å². The van der Waals surface area contributed by atoms with Crippen LogP contribution in [0.3, 0.4) is 0 Å². The van der Waals surface area contributed by atoms with Gasteiger partial charge < -0.3 is 14.6 Å². The van der Waals surface area contributed by atoms with E-state index in [0.717, 1.165) is 0 Å². The second-order valence-electron chi connectivity index (χ2n) is 3.92. The Labute approximate surface area is 105 Å². The molecule has 100 valence electrons. The van der Waals surface area contributed by atoms with Crippen LogP contribution in [0.4, 0.5) is 4.39 Å². The molecule has 0 saturated carbocycles. The van der Waals surface area contributed by atoms with Crippen LogP contribution < -0.4 is 9.47 Å². The number of carboxylic acids is 1. The maximum absolute atomic E-state index is 13.4. The summed E-state index contributed by atoms with van der Waals surface area (Å²) in [5, 5.41) is 8.68. The zero-order valence-corrected chi connectivity index (χ0v) is 10.7. The van der Waals surface area contributed by atoms with Crippen molar-refractivity contribution < 1.29 is 23.8 Å². The lowest BCUT2D eigenvalue weighted by Crippen LogP contribution is -2.02. The monoisotopic (exact) mass is 256 g/mol. The van der Waals surface area contributed by atoms with Crippen LogP contribution in [0.5, 0.6) is 11.5 Å². The van der Waals surface area contributed by atoms with Crippen molar-refractivity contribution in [3.63, 3.8) is 0 Å². The Hall–Kier alpha value is -1.78. The third-order valence-corrected chi connectivity index (χ3v) is 2.67. The minimum atomic E-state index is -1.18. The lowest BCUT2D eigenvalue weighted by Gasteiger charge is -2.15. The van der Waals surface area contributed by atoms with Crippen molar-refractivity contribution in [2.75, 3.05) is 14.2 Å². The summed E-state index contributed by atoms with van der Waals surface area (Å²) in [5.74, 6) is 0.00157. The van der Waals surface area contributed by atoms with E-state index in [0.29, 0.717) is 29.0 Å². The van der Waals surface area contributed by atoms with Gasteiger partial charge in [-0.15, -0.1) is 0 Å². The summed E-state index contributed by atoms with van der Waals surface area (Å²) < 4.78 is 23.7. The molecule has 0 saturated heterocycles. The van der Waals surface area contributed by atoms with Crippen LogP contribution >= 0.6 is 0 Å². The maximum Gasteiger partial charge on any atom is 0.303 e. The lowest BCUT2D eigenvalue weighted by molar-refractivity contribution is -0.136. The number of hydrogen-bond donors (Lipinski definition) is 1. The molecule has 0 amide bonds. The third-order valence-electron chi connectivity index (χ3n) is 2.67. The summed E-state index contributed by atoms with van der Waals surface area (Å²) in [6.45, 7) is 1.41. The topological polar surface area (TPSA) is 55.8 Å². The molecular weight excluding hydrogens is 239 g/mol. The molecule has 1 rings (SSSR count). The number of aliphatic carboxylic acids is 1. The van der Waals surface area contributed by atoms with Crippen LogP contribution in [0.25, 0.3) is 0 Å². The first-order chi connectivity index (χ1) is 8.49. The van der Waals surface area contributed by atoms with Gasteiger partial charge in [-0.1, -0.05) is 0 Å². The van der Waals surface area contributed by atoms with Crippen molar-refractivity contribution in [1.29, 1.82) is 0 Å². The number of methoxy groups -OCH3 is 2. The van der Waals surface area contributed by atoms with E-state index in [2.05, 4.69) is 0 Å². The molecule has 0 fully saturated rings. The second-order valence-corrected chi connectivity index (χ2v) is 3.92. The summed E-state index contributed by atoms with van der Waals surface area (Å²) in [4.78, 5) is 10.6. The highest BCUT2D eigenvalue weighted by Crippen LogP contribution is 2.34. The zero-order valence-electron chi connectivity index (χ0n) is 10.7. The molecule has 4 nitrogen and oxygen atoms in total. The SMILES string of the molecule is COc1cc(C(C)F)c(OC)cc1CCC(=O)O. The smallest absolute Gasteiger partial charge is 0.303 e. The summed E-state index contributed by atoms with van der Waals surface area (Å²) in [7, 11) is 2.92. The molecule has 1 atom stereocenters. The molecular formula is C13H17FO4. The number of hydrogen-bond acceptors (Lipinski definition) is 3. The van der Waals surface area contributed by atoms with Gasteiger partial charge >= 0.3 is 5.97 Å². The van der Waals surface area contributed by atoms with Gasteiger partial charge in [0.1, 0.15) is 17.7 Å². The molecule has 0 spiro atoms. The molecule has 1 N–H and O–H groups in total. The van der Waals surface area contributed by atoms with Crippen LogP contribution in [0.15, 0.2) is 12.1 Å². The van der Waals surface area contributed by atoms with Crippen molar-refractivity contribution >= 4 is 5.97 Å². The highest BCUT2D eigenvalue weighted by molar-refractivity contribution is 5.67. The Morgan fingerprint density at radius 3 is 2.39 bits per heavy atom. The van der Waals surface area contributed by atoms with Gasteiger partial charge in [0.05, 0.1) is 14.2 Å². The van der Waals surface area contributed by atoms with Crippen molar-refractivity contribution in [3.8, 4) is 11.5 Å². The van der Waals surface area contributed by atoms with E-state index < -0.39 is 12.1 Å². The van der Waals surface area contributed by atoms with E-state index in [1.165, 1.54) is 21.1 Å². The normalized spacial score (nSPS) is 12.0. The van der Waals surface area contributed by atoms with E-state index in [4.69, 9.17) is 14.6 Å². The average molecular weight is 256 g/mol. The Kier molecular flexibility index (Phi) is 4.95. The molecule has 0 aliphatic rings. The summed E-state index contributed by atoms with van der Waals surface area (Å²) in [6.07, 6.45) is -0.873. The number of halogens is 1. The highest BCUT2D eigenvalue weighted by Gasteiger charge is 2.16. The molecule has 0 bridgehead atoms. The number of carbonyl (C=O) groups is 1. The highest BCUT2D eigenvalue weighted by atomic mass is 19.1. The molecule has 0 heterocycles. The molecule has 0 radical (unpaired) electrons. The predicted molar refractivity (Wildman–Crippen MR) is 65.0 cm³/mol. The van der Waals surface area contributed by atoms with Crippen LogP contribution in [-0.4, -0.2) is 25.3 Å². The first-order valence-corrected chi connectivity index (χ1v) is 5.60. The predicted octanol–water partition coefficient (Wildman–Crippen LogP) is 2.75. The fraction of sp³-hybridized carbons (Fsp3) is 0.462. The van der Waals surface area contributed by atoms with Crippen molar-refractivity contribution in [2.45, 2.75) is 25.9 Å². The van der Waals surface area contributed by atoms with Gasteiger partial charge in [-0.2, -0.15) is 0 Å². The van der Waals surface area contributed by atoms with E-state index >= 15 is 0 Å². The summed E-state index contributed by atoms with van der Waals surface area (Å²) in [6, 6.07) is 3.19.